The van der Waals surface area contributed by atoms with E-state index < -0.39 is 15.9 Å². The van der Waals surface area contributed by atoms with Crippen molar-refractivity contribution in [1.29, 1.82) is 0 Å². The third kappa shape index (κ3) is 4.80. The lowest BCUT2D eigenvalue weighted by molar-refractivity contribution is 0.0944. The van der Waals surface area contributed by atoms with Crippen molar-refractivity contribution in [2.45, 2.75) is 20.8 Å². The van der Waals surface area contributed by atoms with Gasteiger partial charge >= 0.3 is 0 Å². The Balaban J connectivity index is 2.00. The van der Waals surface area contributed by atoms with Gasteiger partial charge in [0.25, 0.3) is 15.9 Å². The minimum absolute atomic E-state index is 0.285. The molecule has 122 valence electrons. The Morgan fingerprint density at radius 2 is 1.78 bits per heavy atom. The van der Waals surface area contributed by atoms with Crippen molar-refractivity contribution in [3.63, 3.8) is 0 Å². The van der Waals surface area contributed by atoms with Gasteiger partial charge in [0.2, 0.25) is 0 Å². The van der Waals surface area contributed by atoms with Crippen LogP contribution in [0.1, 0.15) is 33.0 Å². The molecule has 0 saturated carbocycles. The second-order valence-electron chi connectivity index (χ2n) is 5.14. The van der Waals surface area contributed by atoms with Crippen molar-refractivity contribution in [2.75, 3.05) is 0 Å². The summed E-state index contributed by atoms with van der Waals surface area (Å²) in [7, 11) is -3.79. The zero-order chi connectivity index (χ0) is 17.0. The van der Waals surface area contributed by atoms with Crippen LogP contribution in [-0.2, 0) is 10.0 Å². The van der Waals surface area contributed by atoms with E-state index in [1.807, 2.05) is 23.9 Å². The molecule has 0 atom stereocenters. The zero-order valence-corrected chi connectivity index (χ0v) is 13.9. The number of furan rings is 1. The molecule has 1 amide bonds. The molecule has 23 heavy (non-hydrogen) atoms. The molecular formula is C16H18N2O4S. The average Bonchev–Trinajstić information content (AvgIpc) is 2.83. The van der Waals surface area contributed by atoms with E-state index in [9.17, 15) is 13.2 Å². The first kappa shape index (κ1) is 17.0. The number of amides is 1. The molecule has 0 saturated heterocycles. The molecule has 0 radical (unpaired) electrons. The fourth-order valence-corrected chi connectivity index (χ4v) is 2.56. The van der Waals surface area contributed by atoms with Crippen LogP contribution in [0.15, 0.2) is 40.2 Å². The predicted octanol–water partition coefficient (Wildman–Crippen LogP) is 2.44. The van der Waals surface area contributed by atoms with E-state index in [1.54, 1.807) is 32.0 Å². The third-order valence-corrected chi connectivity index (χ3v) is 3.99. The Morgan fingerprint density at radius 3 is 2.35 bits per heavy atom. The van der Waals surface area contributed by atoms with Gasteiger partial charge in [0.1, 0.15) is 11.5 Å². The molecule has 2 N–H and O–H groups in total. The first-order chi connectivity index (χ1) is 10.8. The Labute approximate surface area is 135 Å². The number of hydrazine groups is 1. The first-order valence-corrected chi connectivity index (χ1v) is 8.45. The molecule has 0 aliphatic heterocycles. The average molecular weight is 334 g/mol. The van der Waals surface area contributed by atoms with Crippen LogP contribution in [0.4, 0.5) is 0 Å². The summed E-state index contributed by atoms with van der Waals surface area (Å²) in [4.78, 5) is 13.9. The van der Waals surface area contributed by atoms with Crippen molar-refractivity contribution in [3.8, 4) is 0 Å². The van der Waals surface area contributed by atoms with E-state index >= 15 is 0 Å². The number of hydrogen-bond acceptors (Lipinski definition) is 4. The number of carbonyl (C=O) groups excluding carboxylic acids is 1. The van der Waals surface area contributed by atoms with Crippen molar-refractivity contribution in [3.05, 3.63) is 64.0 Å². The second-order valence-corrected chi connectivity index (χ2v) is 6.71. The smallest absolute Gasteiger partial charge is 0.269 e. The summed E-state index contributed by atoms with van der Waals surface area (Å²) < 4.78 is 29.0. The maximum atomic E-state index is 11.9. The largest absolute Gasteiger partial charge is 0.466 e. The highest BCUT2D eigenvalue weighted by molar-refractivity contribution is 7.92. The molecule has 1 aromatic carbocycles. The summed E-state index contributed by atoms with van der Waals surface area (Å²) in [5.41, 5.74) is 4.26. The Bertz CT molecular complexity index is 833. The number of carbonyl (C=O) groups is 1. The second kappa shape index (κ2) is 6.80. The van der Waals surface area contributed by atoms with Crippen molar-refractivity contribution < 1.29 is 17.6 Å². The number of benzene rings is 1. The van der Waals surface area contributed by atoms with Gasteiger partial charge in [-0.3, -0.25) is 10.2 Å². The molecular weight excluding hydrogens is 316 g/mol. The molecule has 1 heterocycles. The summed E-state index contributed by atoms with van der Waals surface area (Å²) in [6.45, 7) is 5.28. The molecule has 0 bridgehead atoms. The fraction of sp³-hybridized carbons (Fsp3) is 0.188. The quantitative estimate of drug-likeness (QED) is 0.822. The van der Waals surface area contributed by atoms with Gasteiger partial charge in [0.15, 0.2) is 0 Å². The summed E-state index contributed by atoms with van der Waals surface area (Å²) >= 11 is 0. The maximum Gasteiger partial charge on any atom is 0.269 e. The summed E-state index contributed by atoms with van der Waals surface area (Å²) in [6.07, 6.45) is 1.45. The highest BCUT2D eigenvalue weighted by Gasteiger charge is 2.15. The Morgan fingerprint density at radius 1 is 1.13 bits per heavy atom. The molecule has 6 nitrogen and oxygen atoms in total. The lowest BCUT2D eigenvalue weighted by Crippen LogP contribution is -2.40. The summed E-state index contributed by atoms with van der Waals surface area (Å²) in [6, 6.07) is 8.91. The van der Waals surface area contributed by atoms with Gasteiger partial charge in [-0.2, -0.15) is 0 Å². The van der Waals surface area contributed by atoms with E-state index in [4.69, 9.17) is 4.42 Å². The van der Waals surface area contributed by atoms with Gasteiger partial charge in [-0.15, -0.1) is 4.83 Å². The highest BCUT2D eigenvalue weighted by Crippen LogP contribution is 2.13. The minimum Gasteiger partial charge on any atom is -0.466 e. The lowest BCUT2D eigenvalue weighted by Gasteiger charge is -2.04. The molecule has 2 rings (SSSR count). The van der Waals surface area contributed by atoms with Gasteiger partial charge in [-0.25, -0.2) is 8.42 Å². The van der Waals surface area contributed by atoms with E-state index in [-0.39, 0.29) is 5.56 Å². The topological polar surface area (TPSA) is 88.4 Å². The molecule has 0 fully saturated rings. The van der Waals surface area contributed by atoms with Crippen molar-refractivity contribution in [1.82, 2.24) is 10.3 Å². The van der Waals surface area contributed by atoms with Crippen LogP contribution in [0.3, 0.4) is 0 Å². The fourth-order valence-electron chi connectivity index (χ4n) is 1.92. The molecule has 1 aromatic heterocycles. The van der Waals surface area contributed by atoms with Crippen LogP contribution in [0.25, 0.3) is 6.08 Å². The number of aryl methyl sites for hydroxylation is 3. The van der Waals surface area contributed by atoms with Crippen LogP contribution >= 0.6 is 0 Å². The molecule has 2 aromatic rings. The summed E-state index contributed by atoms with van der Waals surface area (Å²) in [5.74, 6) is 0.427. The van der Waals surface area contributed by atoms with Crippen LogP contribution < -0.4 is 10.3 Å². The summed E-state index contributed by atoms with van der Waals surface area (Å²) in [5, 5.41) is 0.991. The van der Waals surface area contributed by atoms with E-state index in [0.29, 0.717) is 11.5 Å². The minimum atomic E-state index is -3.79. The van der Waals surface area contributed by atoms with E-state index in [1.165, 1.54) is 6.08 Å². The van der Waals surface area contributed by atoms with Gasteiger partial charge in [-0.05, 0) is 38.5 Å². The third-order valence-electron chi connectivity index (χ3n) is 3.11. The van der Waals surface area contributed by atoms with E-state index in [0.717, 1.165) is 16.5 Å². The molecule has 0 unspecified atom stereocenters. The van der Waals surface area contributed by atoms with Crippen LogP contribution in [0.5, 0.6) is 0 Å². The monoisotopic (exact) mass is 334 g/mol. The predicted molar refractivity (Wildman–Crippen MR) is 87.9 cm³/mol. The number of sulfonamides is 1. The highest BCUT2D eigenvalue weighted by atomic mass is 32.2. The molecule has 0 aliphatic carbocycles. The van der Waals surface area contributed by atoms with Crippen molar-refractivity contribution >= 4 is 22.0 Å². The van der Waals surface area contributed by atoms with Gasteiger partial charge < -0.3 is 4.42 Å². The normalized spacial score (nSPS) is 11.8. The van der Waals surface area contributed by atoms with Crippen LogP contribution in [0, 0.1) is 20.8 Å². The van der Waals surface area contributed by atoms with Gasteiger partial charge in [-0.1, -0.05) is 29.8 Å². The molecule has 7 heteroatoms. The first-order valence-electron chi connectivity index (χ1n) is 6.91. The standard InChI is InChI=1S/C16H18N2O4S/c1-11-4-6-14(7-5-11)8-9-23(20,21)18-17-16(19)15-10-12(2)22-13(15)3/h4-10,18H,1-3H3,(H,17,19). The lowest BCUT2D eigenvalue weighted by atomic mass is 10.2. The van der Waals surface area contributed by atoms with Crippen LogP contribution in [-0.4, -0.2) is 14.3 Å². The number of rotatable bonds is 5. The Kier molecular flexibility index (Phi) is 5.02. The van der Waals surface area contributed by atoms with Gasteiger partial charge in [0.05, 0.1) is 5.56 Å². The Hall–Kier alpha value is -2.38. The number of hydrogen-bond donors (Lipinski definition) is 2. The van der Waals surface area contributed by atoms with Crippen molar-refractivity contribution in [2.24, 2.45) is 0 Å². The van der Waals surface area contributed by atoms with Crippen LogP contribution in [0.2, 0.25) is 0 Å². The van der Waals surface area contributed by atoms with E-state index in [2.05, 4.69) is 5.43 Å². The maximum absolute atomic E-state index is 11.9. The SMILES string of the molecule is Cc1ccc(C=CS(=O)(=O)NNC(=O)c2cc(C)oc2C)cc1. The molecule has 0 spiro atoms. The number of nitrogens with one attached hydrogen (secondary N) is 2. The van der Waals surface area contributed by atoms with Gasteiger partial charge in [0, 0.05) is 5.41 Å². The molecule has 0 aliphatic rings. The zero-order valence-electron chi connectivity index (χ0n) is 13.1.